The lowest BCUT2D eigenvalue weighted by Crippen LogP contribution is -2.18. The summed E-state index contributed by atoms with van der Waals surface area (Å²) < 4.78 is 1.04. The van der Waals surface area contributed by atoms with Gasteiger partial charge in [-0.1, -0.05) is 11.6 Å². The average molecular weight is 406 g/mol. The molecule has 0 saturated carbocycles. The molecule has 0 bridgehead atoms. The first-order valence-corrected chi connectivity index (χ1v) is 10.1. The van der Waals surface area contributed by atoms with E-state index in [1.54, 1.807) is 35.6 Å². The van der Waals surface area contributed by atoms with Crippen LogP contribution in [0, 0.1) is 6.92 Å². The van der Waals surface area contributed by atoms with Crippen LogP contribution in [-0.2, 0) is 9.59 Å². The number of carbonyl (C=O) groups excluding carboxylic acids is 2. The summed E-state index contributed by atoms with van der Waals surface area (Å²) in [5.74, 6) is 0.0956. The molecule has 0 aliphatic heterocycles. The van der Waals surface area contributed by atoms with E-state index in [2.05, 4.69) is 15.6 Å². The number of thiazole rings is 1. The van der Waals surface area contributed by atoms with Crippen LogP contribution in [0.2, 0.25) is 5.02 Å². The topological polar surface area (TPSA) is 71.1 Å². The number of anilines is 2. The van der Waals surface area contributed by atoms with E-state index >= 15 is 0 Å². The van der Waals surface area contributed by atoms with Crippen molar-refractivity contribution in [2.75, 3.05) is 22.1 Å². The molecule has 0 saturated heterocycles. The number of nitrogens with zero attached hydrogens (tertiary/aromatic N) is 1. The van der Waals surface area contributed by atoms with Crippen molar-refractivity contribution in [2.45, 2.75) is 6.92 Å². The second kappa shape index (κ2) is 8.53. The number of fused-ring (bicyclic) bond motifs is 1. The van der Waals surface area contributed by atoms with E-state index < -0.39 is 0 Å². The van der Waals surface area contributed by atoms with Gasteiger partial charge in [-0.05, 0) is 49.4 Å². The van der Waals surface area contributed by atoms with Crippen LogP contribution < -0.4 is 10.6 Å². The summed E-state index contributed by atoms with van der Waals surface area (Å²) in [6.07, 6.45) is 0. The molecule has 2 aromatic carbocycles. The second-order valence-corrected chi connectivity index (χ2v) is 8.17. The fraction of sp³-hybridized carbons (Fsp3) is 0.167. The van der Waals surface area contributed by atoms with Crippen LogP contribution in [-0.4, -0.2) is 28.3 Å². The summed E-state index contributed by atoms with van der Waals surface area (Å²) in [7, 11) is 0. The minimum atomic E-state index is -0.160. The van der Waals surface area contributed by atoms with E-state index in [0.29, 0.717) is 10.7 Å². The highest BCUT2D eigenvalue weighted by atomic mass is 35.5. The minimum absolute atomic E-state index is 0.144. The standard InChI is InChI=1S/C18H16ClN3O2S2/c1-11-20-15-7-6-14(8-16(15)26-11)22-18(24)10-25-9-17(23)21-13-4-2-12(19)3-5-13/h2-8H,9-10H2,1H3,(H,21,23)(H,22,24). The van der Waals surface area contributed by atoms with Crippen LogP contribution in [0.5, 0.6) is 0 Å². The maximum atomic E-state index is 12.0. The smallest absolute Gasteiger partial charge is 0.234 e. The molecule has 0 fully saturated rings. The summed E-state index contributed by atoms with van der Waals surface area (Å²) in [6, 6.07) is 12.5. The van der Waals surface area contributed by atoms with Gasteiger partial charge < -0.3 is 10.6 Å². The number of carbonyl (C=O) groups is 2. The monoisotopic (exact) mass is 405 g/mol. The van der Waals surface area contributed by atoms with Gasteiger partial charge in [-0.3, -0.25) is 9.59 Å². The molecular formula is C18H16ClN3O2S2. The molecule has 3 aromatic rings. The lowest BCUT2D eigenvalue weighted by Gasteiger charge is -2.06. The van der Waals surface area contributed by atoms with Gasteiger partial charge in [0.05, 0.1) is 26.7 Å². The van der Waals surface area contributed by atoms with E-state index in [0.717, 1.165) is 20.9 Å². The van der Waals surface area contributed by atoms with Crippen LogP contribution in [0.15, 0.2) is 42.5 Å². The molecule has 3 rings (SSSR count). The highest BCUT2D eigenvalue weighted by Crippen LogP contribution is 2.24. The van der Waals surface area contributed by atoms with Gasteiger partial charge in [0.1, 0.15) is 0 Å². The predicted octanol–water partition coefficient (Wildman–Crippen LogP) is 4.57. The maximum Gasteiger partial charge on any atom is 0.234 e. The van der Waals surface area contributed by atoms with Crippen molar-refractivity contribution in [3.8, 4) is 0 Å². The largest absolute Gasteiger partial charge is 0.325 e. The molecule has 2 N–H and O–H groups in total. The number of thioether (sulfide) groups is 1. The number of nitrogens with one attached hydrogen (secondary N) is 2. The Bertz CT molecular complexity index is 941. The number of aryl methyl sites for hydroxylation is 1. The van der Waals surface area contributed by atoms with Crippen molar-refractivity contribution >= 4 is 68.1 Å². The van der Waals surface area contributed by atoms with Gasteiger partial charge >= 0.3 is 0 Å². The first kappa shape index (κ1) is 18.7. The zero-order valence-electron chi connectivity index (χ0n) is 13.9. The number of rotatable bonds is 6. The number of aromatic nitrogens is 1. The molecule has 2 amide bonds. The lowest BCUT2D eigenvalue weighted by molar-refractivity contribution is -0.114. The van der Waals surface area contributed by atoms with Gasteiger partial charge in [0.2, 0.25) is 11.8 Å². The average Bonchev–Trinajstić information content (AvgIpc) is 2.96. The van der Waals surface area contributed by atoms with Gasteiger partial charge in [0.15, 0.2) is 0 Å². The van der Waals surface area contributed by atoms with Gasteiger partial charge in [-0.15, -0.1) is 23.1 Å². The molecule has 0 aliphatic rings. The Morgan fingerprint density at radius 3 is 2.35 bits per heavy atom. The van der Waals surface area contributed by atoms with Gasteiger partial charge in [0.25, 0.3) is 0 Å². The Morgan fingerprint density at radius 2 is 1.65 bits per heavy atom. The third-order valence-corrected chi connectivity index (χ3v) is 5.49. The molecule has 0 aliphatic carbocycles. The van der Waals surface area contributed by atoms with Gasteiger partial charge in [-0.2, -0.15) is 0 Å². The lowest BCUT2D eigenvalue weighted by atomic mass is 10.3. The summed E-state index contributed by atoms with van der Waals surface area (Å²) in [5, 5.41) is 7.21. The Labute approximate surface area is 164 Å². The Hall–Kier alpha value is -2.09. The van der Waals surface area contributed by atoms with Crippen molar-refractivity contribution in [3.63, 3.8) is 0 Å². The summed E-state index contributed by atoms with van der Waals surface area (Å²) in [6.45, 7) is 1.95. The number of benzene rings is 2. The molecule has 8 heteroatoms. The summed E-state index contributed by atoms with van der Waals surface area (Å²) in [4.78, 5) is 28.3. The quantitative estimate of drug-likeness (QED) is 0.630. The Balaban J connectivity index is 1.44. The molecule has 0 unspecified atom stereocenters. The summed E-state index contributed by atoms with van der Waals surface area (Å²) >= 11 is 8.65. The second-order valence-electron chi connectivity index (χ2n) is 5.51. The van der Waals surface area contributed by atoms with Crippen molar-refractivity contribution < 1.29 is 9.59 Å². The molecule has 134 valence electrons. The summed E-state index contributed by atoms with van der Waals surface area (Å²) in [5.41, 5.74) is 2.34. The Morgan fingerprint density at radius 1 is 1.04 bits per heavy atom. The molecule has 5 nitrogen and oxygen atoms in total. The number of amides is 2. The fourth-order valence-corrected chi connectivity index (χ4v) is 3.89. The Kier molecular flexibility index (Phi) is 6.13. The number of hydrogen-bond acceptors (Lipinski definition) is 5. The molecule has 26 heavy (non-hydrogen) atoms. The number of hydrogen-bond donors (Lipinski definition) is 2. The van der Waals surface area contributed by atoms with E-state index in [1.807, 2.05) is 25.1 Å². The first-order valence-electron chi connectivity index (χ1n) is 7.80. The van der Waals surface area contributed by atoms with Crippen LogP contribution >= 0.6 is 34.7 Å². The minimum Gasteiger partial charge on any atom is -0.325 e. The highest BCUT2D eigenvalue weighted by Gasteiger charge is 2.08. The van der Waals surface area contributed by atoms with E-state index in [1.165, 1.54) is 11.8 Å². The molecule has 1 aromatic heterocycles. The van der Waals surface area contributed by atoms with Crippen molar-refractivity contribution in [2.24, 2.45) is 0 Å². The molecule has 0 radical (unpaired) electrons. The molecule has 0 spiro atoms. The third-order valence-electron chi connectivity index (χ3n) is 3.37. The van der Waals surface area contributed by atoms with Crippen molar-refractivity contribution in [3.05, 3.63) is 52.5 Å². The SMILES string of the molecule is Cc1nc2ccc(NC(=O)CSCC(=O)Nc3ccc(Cl)cc3)cc2s1. The maximum absolute atomic E-state index is 12.0. The normalized spacial score (nSPS) is 10.7. The van der Waals surface area contributed by atoms with Gasteiger partial charge in [-0.25, -0.2) is 4.98 Å². The highest BCUT2D eigenvalue weighted by molar-refractivity contribution is 8.00. The van der Waals surface area contributed by atoms with Crippen LogP contribution in [0.1, 0.15) is 5.01 Å². The zero-order chi connectivity index (χ0) is 18.5. The number of halogens is 1. The predicted molar refractivity (Wildman–Crippen MR) is 110 cm³/mol. The van der Waals surface area contributed by atoms with Crippen LogP contribution in [0.3, 0.4) is 0 Å². The molecule has 0 atom stereocenters. The zero-order valence-corrected chi connectivity index (χ0v) is 16.3. The van der Waals surface area contributed by atoms with Crippen molar-refractivity contribution in [1.29, 1.82) is 0 Å². The van der Waals surface area contributed by atoms with Crippen LogP contribution in [0.4, 0.5) is 11.4 Å². The van der Waals surface area contributed by atoms with E-state index in [-0.39, 0.29) is 23.3 Å². The van der Waals surface area contributed by atoms with E-state index in [9.17, 15) is 9.59 Å². The van der Waals surface area contributed by atoms with Gasteiger partial charge in [0, 0.05) is 16.4 Å². The first-order chi connectivity index (χ1) is 12.5. The van der Waals surface area contributed by atoms with E-state index in [4.69, 9.17) is 11.6 Å². The van der Waals surface area contributed by atoms with Crippen LogP contribution in [0.25, 0.3) is 10.2 Å². The van der Waals surface area contributed by atoms with Crippen molar-refractivity contribution in [1.82, 2.24) is 4.98 Å². The molecular weight excluding hydrogens is 390 g/mol. The molecule has 1 heterocycles. The fourth-order valence-electron chi connectivity index (χ4n) is 2.28. The third kappa shape index (κ3) is 5.20.